The van der Waals surface area contributed by atoms with Gasteiger partial charge in [0.15, 0.2) is 0 Å². The van der Waals surface area contributed by atoms with Crippen LogP contribution < -0.4 is 5.32 Å². The number of carbonyl (C=O) groups excluding carboxylic acids is 1. The van der Waals surface area contributed by atoms with Gasteiger partial charge in [0.25, 0.3) is 5.91 Å². The summed E-state index contributed by atoms with van der Waals surface area (Å²) in [6.07, 6.45) is 2.14. The predicted molar refractivity (Wildman–Crippen MR) is 89.5 cm³/mol. The van der Waals surface area contributed by atoms with Crippen molar-refractivity contribution in [3.05, 3.63) is 47.0 Å². The Morgan fingerprint density at radius 1 is 1.22 bits per heavy atom. The van der Waals surface area contributed by atoms with Crippen LogP contribution in [0.1, 0.15) is 29.8 Å². The minimum atomic E-state index is -0.889. The third-order valence-electron chi connectivity index (χ3n) is 3.81. The lowest BCUT2D eigenvalue weighted by Gasteiger charge is -2.27. The zero-order chi connectivity index (χ0) is 16.8. The molecule has 1 aliphatic rings. The number of hydrogen-bond donors (Lipinski definition) is 2. The molecule has 5 heteroatoms. The van der Waals surface area contributed by atoms with Gasteiger partial charge in [-0.1, -0.05) is 32.1 Å². The fourth-order valence-corrected chi connectivity index (χ4v) is 2.64. The third kappa shape index (κ3) is 4.93. The summed E-state index contributed by atoms with van der Waals surface area (Å²) in [5, 5.41) is 12.5. The van der Waals surface area contributed by atoms with E-state index >= 15 is 0 Å². The summed E-state index contributed by atoms with van der Waals surface area (Å²) >= 11 is 0. The zero-order valence-corrected chi connectivity index (χ0v) is 13.7. The summed E-state index contributed by atoms with van der Waals surface area (Å²) in [6, 6.07) is 7.25. The highest BCUT2D eigenvalue weighted by Gasteiger charge is 2.18. The van der Waals surface area contributed by atoms with E-state index in [-0.39, 0.29) is 11.8 Å². The van der Waals surface area contributed by atoms with Crippen molar-refractivity contribution in [2.45, 2.75) is 20.3 Å². The van der Waals surface area contributed by atoms with Gasteiger partial charge < -0.3 is 15.3 Å². The van der Waals surface area contributed by atoms with Gasteiger partial charge in [-0.3, -0.25) is 4.79 Å². The van der Waals surface area contributed by atoms with Gasteiger partial charge in [-0.2, -0.15) is 0 Å². The molecule has 1 saturated heterocycles. The lowest BCUT2D eigenvalue weighted by molar-refractivity contribution is -0.132. The molecule has 1 fully saturated rings. The third-order valence-corrected chi connectivity index (χ3v) is 3.81. The maximum absolute atomic E-state index is 12.4. The number of nitrogens with one attached hydrogen (secondary N) is 1. The van der Waals surface area contributed by atoms with Crippen molar-refractivity contribution in [3.8, 4) is 0 Å². The van der Waals surface area contributed by atoms with E-state index < -0.39 is 5.97 Å². The van der Waals surface area contributed by atoms with Crippen LogP contribution in [-0.4, -0.2) is 48.1 Å². The molecule has 1 aliphatic heterocycles. The molecule has 0 aliphatic carbocycles. The second kappa shape index (κ2) is 7.92. The van der Waals surface area contributed by atoms with Gasteiger partial charge in [-0.25, -0.2) is 4.79 Å². The van der Waals surface area contributed by atoms with Crippen molar-refractivity contribution in [3.63, 3.8) is 0 Å². The Kier molecular flexibility index (Phi) is 5.93. The van der Waals surface area contributed by atoms with E-state index in [9.17, 15) is 14.7 Å². The fourth-order valence-electron chi connectivity index (χ4n) is 2.64. The van der Waals surface area contributed by atoms with Crippen molar-refractivity contribution in [1.29, 1.82) is 0 Å². The predicted octanol–water partition coefficient (Wildman–Crippen LogP) is 1.94. The second-order valence-electron chi connectivity index (χ2n) is 6.16. The van der Waals surface area contributed by atoms with Crippen molar-refractivity contribution in [2.24, 2.45) is 5.92 Å². The lowest BCUT2D eigenvalue weighted by Crippen LogP contribution is -2.46. The number of carboxylic acids is 1. The molecule has 1 aromatic rings. The summed E-state index contributed by atoms with van der Waals surface area (Å²) < 4.78 is 0. The molecule has 124 valence electrons. The average molecular weight is 316 g/mol. The van der Waals surface area contributed by atoms with Gasteiger partial charge in [-0.05, 0) is 23.6 Å². The van der Waals surface area contributed by atoms with Crippen LogP contribution in [0, 0.1) is 5.92 Å². The Morgan fingerprint density at radius 2 is 1.83 bits per heavy atom. The van der Waals surface area contributed by atoms with Crippen LogP contribution in [0.5, 0.6) is 0 Å². The van der Waals surface area contributed by atoms with E-state index in [1.165, 1.54) is 0 Å². The van der Waals surface area contributed by atoms with Gasteiger partial charge in [0.1, 0.15) is 0 Å². The summed E-state index contributed by atoms with van der Waals surface area (Å²) in [5.74, 6) is -0.663. The molecule has 0 spiro atoms. The standard InChI is InChI=1S/C18H24N2O3/c1-13(2)11-16(18(22)23)12-14-3-5-15(6-4-14)17(21)20-9-7-19-8-10-20/h3-6,11,13,19H,7-10,12H2,1-2H3,(H,22,23). The molecule has 0 radical (unpaired) electrons. The molecule has 5 nitrogen and oxygen atoms in total. The molecule has 1 aromatic carbocycles. The summed E-state index contributed by atoms with van der Waals surface area (Å²) in [6.45, 7) is 7.01. The maximum atomic E-state index is 12.4. The van der Waals surface area contributed by atoms with Crippen LogP contribution in [0.15, 0.2) is 35.9 Å². The minimum absolute atomic E-state index is 0.0363. The van der Waals surface area contributed by atoms with Crippen LogP contribution in [0.2, 0.25) is 0 Å². The molecule has 23 heavy (non-hydrogen) atoms. The molecule has 0 bridgehead atoms. The molecule has 2 N–H and O–H groups in total. The molecule has 1 heterocycles. The number of aliphatic carboxylic acids is 1. The number of allylic oxidation sites excluding steroid dienone is 1. The van der Waals surface area contributed by atoms with Crippen LogP contribution in [0.25, 0.3) is 0 Å². The fraction of sp³-hybridized carbons (Fsp3) is 0.444. The van der Waals surface area contributed by atoms with E-state index in [0.29, 0.717) is 17.6 Å². The van der Waals surface area contributed by atoms with E-state index in [0.717, 1.165) is 31.7 Å². The molecule has 0 aromatic heterocycles. The largest absolute Gasteiger partial charge is 0.478 e. The smallest absolute Gasteiger partial charge is 0.331 e. The molecule has 1 amide bonds. The average Bonchev–Trinajstić information content (AvgIpc) is 2.54. The summed E-state index contributed by atoms with van der Waals surface area (Å²) in [5.41, 5.74) is 1.94. The molecule has 2 rings (SSSR count). The number of carbonyl (C=O) groups is 2. The van der Waals surface area contributed by atoms with Crippen LogP contribution in [-0.2, 0) is 11.2 Å². The van der Waals surface area contributed by atoms with E-state index in [1.807, 2.05) is 30.9 Å². The Hall–Kier alpha value is -2.14. The summed E-state index contributed by atoms with van der Waals surface area (Å²) in [7, 11) is 0. The molecule has 0 atom stereocenters. The number of amides is 1. The second-order valence-corrected chi connectivity index (χ2v) is 6.16. The molecule has 0 saturated carbocycles. The Labute approximate surface area is 137 Å². The van der Waals surface area contributed by atoms with Crippen LogP contribution in [0.4, 0.5) is 0 Å². The van der Waals surface area contributed by atoms with Gasteiger partial charge in [0, 0.05) is 43.7 Å². The molecular weight excluding hydrogens is 292 g/mol. The minimum Gasteiger partial charge on any atom is -0.478 e. The van der Waals surface area contributed by atoms with Gasteiger partial charge in [0.2, 0.25) is 0 Å². The first-order valence-electron chi connectivity index (χ1n) is 8.00. The number of benzene rings is 1. The lowest BCUT2D eigenvalue weighted by atomic mass is 10.0. The number of piperazine rings is 1. The Morgan fingerprint density at radius 3 is 2.35 bits per heavy atom. The van der Waals surface area contributed by atoms with Crippen LogP contribution in [0.3, 0.4) is 0 Å². The maximum Gasteiger partial charge on any atom is 0.331 e. The van der Waals surface area contributed by atoms with Crippen molar-refractivity contribution < 1.29 is 14.7 Å². The highest BCUT2D eigenvalue weighted by Crippen LogP contribution is 2.14. The molecular formula is C18H24N2O3. The van der Waals surface area contributed by atoms with Gasteiger partial charge in [-0.15, -0.1) is 0 Å². The topological polar surface area (TPSA) is 69.6 Å². The van der Waals surface area contributed by atoms with Crippen LogP contribution >= 0.6 is 0 Å². The summed E-state index contributed by atoms with van der Waals surface area (Å²) in [4.78, 5) is 25.5. The number of rotatable bonds is 5. The first kappa shape index (κ1) is 17.2. The first-order chi connectivity index (χ1) is 11.0. The Bertz CT molecular complexity index is 585. The zero-order valence-electron chi connectivity index (χ0n) is 13.7. The van der Waals surface area contributed by atoms with Crippen molar-refractivity contribution in [1.82, 2.24) is 10.2 Å². The van der Waals surface area contributed by atoms with Crippen molar-refractivity contribution >= 4 is 11.9 Å². The number of hydrogen-bond acceptors (Lipinski definition) is 3. The number of nitrogens with zero attached hydrogens (tertiary/aromatic N) is 1. The van der Waals surface area contributed by atoms with E-state index in [1.54, 1.807) is 18.2 Å². The highest BCUT2D eigenvalue weighted by molar-refractivity contribution is 5.94. The van der Waals surface area contributed by atoms with E-state index in [2.05, 4.69) is 5.32 Å². The number of carboxylic acid groups (broad SMARTS) is 1. The molecule has 0 unspecified atom stereocenters. The normalized spacial score (nSPS) is 15.8. The monoisotopic (exact) mass is 316 g/mol. The Balaban J connectivity index is 2.06. The van der Waals surface area contributed by atoms with Gasteiger partial charge >= 0.3 is 5.97 Å². The quantitative estimate of drug-likeness (QED) is 0.815. The highest BCUT2D eigenvalue weighted by atomic mass is 16.4. The first-order valence-corrected chi connectivity index (χ1v) is 8.00. The van der Waals surface area contributed by atoms with Crippen molar-refractivity contribution in [2.75, 3.05) is 26.2 Å². The SMILES string of the molecule is CC(C)C=C(Cc1ccc(C(=O)N2CCNCC2)cc1)C(=O)O. The van der Waals surface area contributed by atoms with E-state index in [4.69, 9.17) is 0 Å². The van der Waals surface area contributed by atoms with Gasteiger partial charge in [0.05, 0.1) is 0 Å².